The molecule has 0 fully saturated rings. The molecule has 0 spiro atoms. The molecule has 3 nitrogen and oxygen atoms in total. The molecule has 4 heteroatoms. The van der Waals surface area contributed by atoms with Crippen molar-refractivity contribution in [1.29, 1.82) is 10.5 Å². The standard InChI is InChI=1S/C9H9N3S/c1-3-8-6(2)13-9(12-8)7(4-10)5-11/h7H,3H2,1-2H3. The lowest BCUT2D eigenvalue weighted by Crippen LogP contribution is -1.91. The summed E-state index contributed by atoms with van der Waals surface area (Å²) < 4.78 is 0. The normalized spacial score (nSPS) is 9.62. The Morgan fingerprint density at radius 2 is 2.08 bits per heavy atom. The molecule has 1 heterocycles. The summed E-state index contributed by atoms with van der Waals surface area (Å²) in [5.74, 6) is -0.705. The molecule has 0 amide bonds. The van der Waals surface area contributed by atoms with E-state index >= 15 is 0 Å². The van der Waals surface area contributed by atoms with E-state index in [1.807, 2.05) is 26.0 Å². The summed E-state index contributed by atoms with van der Waals surface area (Å²) in [6.07, 6.45) is 0.853. The second kappa shape index (κ2) is 4.02. The minimum atomic E-state index is -0.705. The Morgan fingerprint density at radius 3 is 2.46 bits per heavy atom. The van der Waals surface area contributed by atoms with Crippen LogP contribution in [0.4, 0.5) is 0 Å². The second-order valence-electron chi connectivity index (χ2n) is 2.60. The molecule has 0 N–H and O–H groups in total. The number of hydrogen-bond donors (Lipinski definition) is 0. The summed E-state index contributed by atoms with van der Waals surface area (Å²) in [6, 6.07) is 3.84. The van der Waals surface area contributed by atoms with Crippen LogP contribution in [0.2, 0.25) is 0 Å². The number of hydrogen-bond acceptors (Lipinski definition) is 4. The first-order chi connectivity index (χ1) is 6.22. The monoisotopic (exact) mass is 191 g/mol. The van der Waals surface area contributed by atoms with Crippen molar-refractivity contribution in [1.82, 2.24) is 4.98 Å². The van der Waals surface area contributed by atoms with Crippen molar-refractivity contribution in [3.05, 3.63) is 15.6 Å². The van der Waals surface area contributed by atoms with Gasteiger partial charge in [-0.05, 0) is 13.3 Å². The summed E-state index contributed by atoms with van der Waals surface area (Å²) in [5.41, 5.74) is 0.996. The van der Waals surface area contributed by atoms with E-state index in [1.54, 1.807) is 0 Å². The maximum Gasteiger partial charge on any atom is 0.184 e. The zero-order chi connectivity index (χ0) is 9.84. The van der Waals surface area contributed by atoms with Crippen molar-refractivity contribution in [2.24, 2.45) is 0 Å². The lowest BCUT2D eigenvalue weighted by molar-refractivity contribution is 0.984. The van der Waals surface area contributed by atoms with Crippen LogP contribution < -0.4 is 0 Å². The van der Waals surface area contributed by atoms with Crippen LogP contribution in [0.5, 0.6) is 0 Å². The molecule has 0 radical (unpaired) electrons. The van der Waals surface area contributed by atoms with Gasteiger partial charge in [-0.25, -0.2) is 4.98 Å². The molecule has 66 valence electrons. The Bertz CT molecular complexity index is 367. The SMILES string of the molecule is CCc1nc(C(C#N)C#N)sc1C. The Kier molecular flexibility index (Phi) is 3.00. The van der Waals surface area contributed by atoms with Crippen molar-refractivity contribution in [3.8, 4) is 12.1 Å². The number of nitrogens with zero attached hydrogens (tertiary/aromatic N) is 3. The number of aromatic nitrogens is 1. The van der Waals surface area contributed by atoms with Crippen LogP contribution >= 0.6 is 11.3 Å². The second-order valence-corrected chi connectivity index (χ2v) is 3.83. The van der Waals surface area contributed by atoms with Gasteiger partial charge in [0.1, 0.15) is 5.01 Å². The van der Waals surface area contributed by atoms with Gasteiger partial charge < -0.3 is 0 Å². The van der Waals surface area contributed by atoms with Gasteiger partial charge in [-0.2, -0.15) is 10.5 Å². The molecular formula is C9H9N3S. The zero-order valence-corrected chi connectivity index (χ0v) is 8.35. The van der Waals surface area contributed by atoms with Gasteiger partial charge in [0, 0.05) is 4.88 Å². The predicted molar refractivity (Wildman–Crippen MR) is 50.2 cm³/mol. The number of aryl methyl sites for hydroxylation is 2. The number of nitriles is 2. The van der Waals surface area contributed by atoms with Crippen molar-refractivity contribution >= 4 is 11.3 Å². The van der Waals surface area contributed by atoms with E-state index < -0.39 is 5.92 Å². The van der Waals surface area contributed by atoms with E-state index in [-0.39, 0.29) is 0 Å². The van der Waals surface area contributed by atoms with Gasteiger partial charge in [0.25, 0.3) is 0 Å². The molecule has 13 heavy (non-hydrogen) atoms. The van der Waals surface area contributed by atoms with Gasteiger partial charge in [-0.3, -0.25) is 0 Å². The van der Waals surface area contributed by atoms with Crippen molar-refractivity contribution in [2.45, 2.75) is 26.2 Å². The first-order valence-electron chi connectivity index (χ1n) is 3.98. The maximum atomic E-state index is 8.65. The highest BCUT2D eigenvalue weighted by Gasteiger charge is 2.15. The lowest BCUT2D eigenvalue weighted by Gasteiger charge is -1.90. The highest BCUT2D eigenvalue weighted by molar-refractivity contribution is 7.11. The van der Waals surface area contributed by atoms with Gasteiger partial charge >= 0.3 is 0 Å². The Hall–Kier alpha value is -1.39. The van der Waals surface area contributed by atoms with Gasteiger partial charge in [0.05, 0.1) is 17.8 Å². The molecule has 0 aliphatic rings. The number of thiazole rings is 1. The lowest BCUT2D eigenvalue weighted by atomic mass is 10.2. The van der Waals surface area contributed by atoms with Crippen molar-refractivity contribution in [2.75, 3.05) is 0 Å². The fourth-order valence-electron chi connectivity index (χ4n) is 1.04. The van der Waals surface area contributed by atoms with E-state index in [4.69, 9.17) is 10.5 Å². The first kappa shape index (κ1) is 9.70. The van der Waals surface area contributed by atoms with Gasteiger partial charge in [0.15, 0.2) is 5.92 Å². The Morgan fingerprint density at radius 1 is 1.46 bits per heavy atom. The molecule has 0 aromatic carbocycles. The van der Waals surface area contributed by atoms with E-state index in [0.29, 0.717) is 5.01 Å². The average Bonchev–Trinajstić information content (AvgIpc) is 2.49. The van der Waals surface area contributed by atoms with Crippen LogP contribution in [0, 0.1) is 29.6 Å². The summed E-state index contributed by atoms with van der Waals surface area (Å²) in [4.78, 5) is 5.35. The van der Waals surface area contributed by atoms with Crippen LogP contribution in [0.25, 0.3) is 0 Å². The highest BCUT2D eigenvalue weighted by Crippen LogP contribution is 2.24. The molecule has 1 rings (SSSR count). The Balaban J connectivity index is 3.05. The maximum absolute atomic E-state index is 8.65. The molecule has 0 aliphatic carbocycles. The number of rotatable bonds is 2. The molecule has 0 unspecified atom stereocenters. The van der Waals surface area contributed by atoms with Crippen LogP contribution in [-0.2, 0) is 6.42 Å². The topological polar surface area (TPSA) is 60.5 Å². The first-order valence-corrected chi connectivity index (χ1v) is 4.80. The zero-order valence-electron chi connectivity index (χ0n) is 7.53. The predicted octanol–water partition coefficient (Wildman–Crippen LogP) is 2.14. The quantitative estimate of drug-likeness (QED) is 0.719. The molecule has 0 saturated heterocycles. The van der Waals surface area contributed by atoms with Crippen LogP contribution in [-0.4, -0.2) is 4.98 Å². The third kappa shape index (κ3) is 1.85. The average molecular weight is 191 g/mol. The molecule has 0 atom stereocenters. The molecular weight excluding hydrogens is 182 g/mol. The smallest absolute Gasteiger partial charge is 0.184 e. The summed E-state index contributed by atoms with van der Waals surface area (Å²) in [6.45, 7) is 3.98. The van der Waals surface area contributed by atoms with E-state index in [1.165, 1.54) is 11.3 Å². The van der Waals surface area contributed by atoms with E-state index in [2.05, 4.69) is 4.98 Å². The highest BCUT2D eigenvalue weighted by atomic mass is 32.1. The van der Waals surface area contributed by atoms with Gasteiger partial charge in [0.2, 0.25) is 0 Å². The largest absolute Gasteiger partial charge is 0.243 e. The molecule has 0 saturated carbocycles. The summed E-state index contributed by atoms with van der Waals surface area (Å²) >= 11 is 1.44. The third-order valence-electron chi connectivity index (χ3n) is 1.75. The Labute approximate surface area is 81.3 Å². The molecule has 0 bridgehead atoms. The van der Waals surface area contributed by atoms with Crippen LogP contribution in [0.3, 0.4) is 0 Å². The minimum Gasteiger partial charge on any atom is -0.243 e. The summed E-state index contributed by atoms with van der Waals surface area (Å²) in [5, 5.41) is 17.9. The van der Waals surface area contributed by atoms with Crippen LogP contribution in [0.15, 0.2) is 0 Å². The molecule has 1 aromatic rings. The fraction of sp³-hybridized carbons (Fsp3) is 0.444. The minimum absolute atomic E-state index is 0.624. The van der Waals surface area contributed by atoms with Crippen molar-refractivity contribution < 1.29 is 0 Å². The van der Waals surface area contributed by atoms with Gasteiger partial charge in [-0.1, -0.05) is 6.92 Å². The van der Waals surface area contributed by atoms with E-state index in [9.17, 15) is 0 Å². The molecule has 0 aliphatic heterocycles. The third-order valence-corrected chi connectivity index (χ3v) is 2.83. The van der Waals surface area contributed by atoms with Crippen molar-refractivity contribution in [3.63, 3.8) is 0 Å². The summed E-state index contributed by atoms with van der Waals surface area (Å²) in [7, 11) is 0. The fourth-order valence-corrected chi connectivity index (χ4v) is 2.04. The van der Waals surface area contributed by atoms with E-state index in [0.717, 1.165) is 17.0 Å². The van der Waals surface area contributed by atoms with Gasteiger partial charge in [-0.15, -0.1) is 11.3 Å². The molecule has 1 aromatic heterocycles. The van der Waals surface area contributed by atoms with Crippen LogP contribution in [0.1, 0.15) is 28.4 Å².